The Bertz CT molecular complexity index is 1380. The van der Waals surface area contributed by atoms with Gasteiger partial charge >= 0.3 is 0 Å². The average Bonchev–Trinajstić information content (AvgIpc) is 3.40. The molecule has 284 valence electrons. The number of ether oxygens (including phenoxy) is 7. The van der Waals surface area contributed by atoms with Gasteiger partial charge in [-0.25, -0.2) is 0 Å². The van der Waals surface area contributed by atoms with E-state index >= 15 is 0 Å². The van der Waals surface area contributed by atoms with Crippen LogP contribution in [0.1, 0.15) is 41.5 Å². The predicted octanol–water partition coefficient (Wildman–Crippen LogP) is 3.98. The maximum Gasteiger partial charge on any atom is 0.261 e. The van der Waals surface area contributed by atoms with Crippen molar-refractivity contribution in [2.75, 3.05) is 106 Å². The summed E-state index contributed by atoms with van der Waals surface area (Å²) < 4.78 is 46.0. The monoisotopic (exact) mass is 737 g/mol. The Kier molecular flexibility index (Phi) is 18.1. The molecule has 11 nitrogen and oxygen atoms in total. The van der Waals surface area contributed by atoms with E-state index in [2.05, 4.69) is 69.3 Å². The van der Waals surface area contributed by atoms with Gasteiger partial charge in [-0.05, 0) is 27.5 Å². The molecule has 4 rings (SSSR count). The van der Waals surface area contributed by atoms with Crippen LogP contribution in [0.2, 0.25) is 5.04 Å². The summed E-state index contributed by atoms with van der Waals surface area (Å²) in [5.41, 5.74) is 0.888. The van der Waals surface area contributed by atoms with Gasteiger partial charge in [-0.15, -0.1) is 0 Å². The van der Waals surface area contributed by atoms with Crippen molar-refractivity contribution in [2.45, 2.75) is 25.8 Å². The highest BCUT2D eigenvalue weighted by molar-refractivity contribution is 6.99. The van der Waals surface area contributed by atoms with E-state index < -0.39 is 8.32 Å². The molecule has 0 saturated heterocycles. The maximum absolute atomic E-state index is 12.3. The first-order valence-corrected chi connectivity index (χ1v) is 20.0. The van der Waals surface area contributed by atoms with Crippen LogP contribution in [-0.2, 0) is 37.6 Å². The molecule has 0 N–H and O–H groups in total. The Morgan fingerprint density at radius 2 is 0.750 bits per heavy atom. The second-order valence-electron chi connectivity index (χ2n) is 13.1. The minimum absolute atomic E-state index is 0.0641. The molecule has 1 aliphatic rings. The number of rotatable bonds is 27. The summed E-state index contributed by atoms with van der Waals surface area (Å²) >= 11 is 0. The maximum atomic E-state index is 12.3. The second-order valence-corrected chi connectivity index (χ2v) is 17.4. The number of amides is 2. The minimum Gasteiger partial charge on any atom is -0.405 e. The van der Waals surface area contributed by atoms with Gasteiger partial charge in [-0.2, -0.15) is 0 Å². The van der Waals surface area contributed by atoms with Gasteiger partial charge in [-0.1, -0.05) is 93.6 Å². The van der Waals surface area contributed by atoms with Gasteiger partial charge in [0.15, 0.2) is 0 Å². The van der Waals surface area contributed by atoms with Gasteiger partial charge in [0.1, 0.15) is 0 Å². The van der Waals surface area contributed by atoms with Crippen LogP contribution in [0.3, 0.4) is 0 Å². The number of hydrogen-bond donors (Lipinski definition) is 0. The van der Waals surface area contributed by atoms with Crippen molar-refractivity contribution in [1.29, 1.82) is 0 Å². The summed E-state index contributed by atoms with van der Waals surface area (Å²) in [7, 11) is -2.55. The summed E-state index contributed by atoms with van der Waals surface area (Å²) in [6.07, 6.45) is 0. The number of carbonyl (C=O) groups excluding carboxylic acids is 2. The number of imide groups is 1. The van der Waals surface area contributed by atoms with Gasteiger partial charge in [0.2, 0.25) is 0 Å². The first kappa shape index (κ1) is 41.5. The Balaban J connectivity index is 0.904. The van der Waals surface area contributed by atoms with Crippen LogP contribution in [0.5, 0.6) is 0 Å². The van der Waals surface area contributed by atoms with Gasteiger partial charge in [-0.3, -0.25) is 14.5 Å². The topological polar surface area (TPSA) is 111 Å². The molecule has 3 aromatic carbocycles. The summed E-state index contributed by atoms with van der Waals surface area (Å²) in [6, 6.07) is 28.1. The number of fused-ring (bicyclic) bond motifs is 1. The molecule has 52 heavy (non-hydrogen) atoms. The van der Waals surface area contributed by atoms with Crippen molar-refractivity contribution in [2.24, 2.45) is 0 Å². The lowest BCUT2D eigenvalue weighted by Crippen LogP contribution is -2.66. The fraction of sp³-hybridized carbons (Fsp3) is 0.500. The predicted molar refractivity (Wildman–Crippen MR) is 201 cm³/mol. The zero-order valence-electron chi connectivity index (χ0n) is 30.9. The smallest absolute Gasteiger partial charge is 0.261 e. The van der Waals surface area contributed by atoms with Crippen molar-refractivity contribution in [3.63, 3.8) is 0 Å². The fourth-order valence-electron chi connectivity index (χ4n) is 6.03. The van der Waals surface area contributed by atoms with E-state index in [-0.39, 0.29) is 30.0 Å². The molecule has 0 unspecified atom stereocenters. The highest BCUT2D eigenvalue weighted by Crippen LogP contribution is 2.36. The van der Waals surface area contributed by atoms with Crippen LogP contribution in [0, 0.1) is 0 Å². The van der Waals surface area contributed by atoms with E-state index in [1.807, 2.05) is 12.1 Å². The van der Waals surface area contributed by atoms with E-state index in [0.29, 0.717) is 104 Å². The van der Waals surface area contributed by atoms with Crippen LogP contribution in [-0.4, -0.2) is 131 Å². The molecule has 0 bridgehead atoms. The standard InChI is InChI=1S/C40H55NO10Si/c1-40(2,3)52(34-12-6-4-7-13-34,35-14-8-5-9-15-35)51-33-32-50-31-30-49-29-28-48-27-26-47-25-24-46-23-22-45-21-20-44-19-18-41-38(42)36-16-10-11-17-37(36)39(41)43/h4-17H,18-33H2,1-3H3. The number of benzene rings is 3. The summed E-state index contributed by atoms with van der Waals surface area (Å²) in [5.74, 6) is -0.551. The van der Waals surface area contributed by atoms with Crippen LogP contribution in [0.4, 0.5) is 0 Å². The molecule has 12 heteroatoms. The molecule has 0 atom stereocenters. The Morgan fingerprint density at radius 3 is 1.10 bits per heavy atom. The third-order valence-corrected chi connectivity index (χ3v) is 13.6. The number of hydrogen-bond acceptors (Lipinski definition) is 10. The third kappa shape index (κ3) is 12.4. The highest BCUT2D eigenvalue weighted by atomic mass is 28.4. The van der Waals surface area contributed by atoms with Crippen LogP contribution < -0.4 is 10.4 Å². The molecule has 0 spiro atoms. The Morgan fingerprint density at radius 1 is 0.442 bits per heavy atom. The highest BCUT2D eigenvalue weighted by Gasteiger charge is 2.50. The van der Waals surface area contributed by atoms with E-state index in [9.17, 15) is 9.59 Å². The van der Waals surface area contributed by atoms with Gasteiger partial charge in [0, 0.05) is 0 Å². The summed E-state index contributed by atoms with van der Waals surface area (Å²) in [5, 5.41) is 2.46. The quantitative estimate of drug-likeness (QED) is 0.0648. The lowest BCUT2D eigenvalue weighted by atomic mass is 10.1. The largest absolute Gasteiger partial charge is 0.405 e. The van der Waals surface area contributed by atoms with E-state index in [1.165, 1.54) is 15.3 Å². The van der Waals surface area contributed by atoms with E-state index in [0.717, 1.165) is 0 Å². The van der Waals surface area contributed by atoms with Crippen molar-refractivity contribution in [1.82, 2.24) is 4.90 Å². The van der Waals surface area contributed by atoms with Gasteiger partial charge < -0.3 is 37.6 Å². The third-order valence-electron chi connectivity index (χ3n) is 8.53. The lowest BCUT2D eigenvalue weighted by Gasteiger charge is -2.43. The summed E-state index contributed by atoms with van der Waals surface area (Å²) in [4.78, 5) is 25.9. The second kappa shape index (κ2) is 22.7. The van der Waals surface area contributed by atoms with E-state index in [1.54, 1.807) is 24.3 Å². The van der Waals surface area contributed by atoms with E-state index in [4.69, 9.17) is 37.6 Å². The Labute approximate surface area is 309 Å². The zero-order chi connectivity index (χ0) is 36.9. The van der Waals surface area contributed by atoms with Crippen molar-refractivity contribution in [3.8, 4) is 0 Å². The molecule has 1 heterocycles. The molecule has 3 aromatic rings. The molecule has 0 fully saturated rings. The molecule has 2 amide bonds. The normalized spacial score (nSPS) is 13.2. The van der Waals surface area contributed by atoms with Crippen molar-refractivity contribution in [3.05, 3.63) is 96.1 Å². The van der Waals surface area contributed by atoms with Gasteiger partial charge in [0.05, 0.1) is 117 Å². The van der Waals surface area contributed by atoms with Crippen molar-refractivity contribution < 1.29 is 47.2 Å². The SMILES string of the molecule is CC(C)(C)[Si](OCCOCCOCCOCCOCCOCCOCCOCCN1C(=O)c2ccccc2C1=O)(c1ccccc1)c1ccccc1. The average molecular weight is 738 g/mol. The number of nitrogens with zero attached hydrogens (tertiary/aromatic N) is 1. The summed E-state index contributed by atoms with van der Waals surface area (Å²) in [6.45, 7) is 13.8. The van der Waals surface area contributed by atoms with Crippen molar-refractivity contribution >= 4 is 30.5 Å². The molecule has 0 saturated carbocycles. The number of carbonyl (C=O) groups is 2. The van der Waals surface area contributed by atoms with Gasteiger partial charge in [0.25, 0.3) is 20.1 Å². The molecule has 0 aliphatic carbocycles. The van der Waals surface area contributed by atoms with Crippen LogP contribution in [0.25, 0.3) is 0 Å². The first-order valence-electron chi connectivity index (χ1n) is 18.1. The molecule has 0 radical (unpaired) electrons. The lowest BCUT2D eigenvalue weighted by molar-refractivity contribution is -0.0215. The minimum atomic E-state index is -2.55. The molecular weight excluding hydrogens is 683 g/mol. The molecule has 0 aromatic heterocycles. The zero-order valence-corrected chi connectivity index (χ0v) is 31.9. The van der Waals surface area contributed by atoms with Crippen LogP contribution in [0.15, 0.2) is 84.9 Å². The molecular formula is C40H55NO10Si. The molecule has 1 aliphatic heterocycles. The first-order chi connectivity index (χ1) is 25.4. The Hall–Kier alpha value is -3.30. The van der Waals surface area contributed by atoms with Crippen LogP contribution >= 0.6 is 0 Å². The fourth-order valence-corrected chi connectivity index (χ4v) is 10.6.